The lowest BCUT2D eigenvalue weighted by Gasteiger charge is -2.14. The van der Waals surface area contributed by atoms with Gasteiger partial charge in [0.2, 0.25) is 0 Å². The fourth-order valence-electron chi connectivity index (χ4n) is 3.33. The second kappa shape index (κ2) is 6.55. The van der Waals surface area contributed by atoms with Gasteiger partial charge in [0.1, 0.15) is 0 Å². The van der Waals surface area contributed by atoms with Gasteiger partial charge in [-0.3, -0.25) is 9.69 Å². The number of benzene rings is 2. The van der Waals surface area contributed by atoms with E-state index in [1.165, 1.54) is 0 Å². The maximum Gasteiger partial charge on any atom is 0.321 e. The zero-order valence-corrected chi connectivity index (χ0v) is 14.5. The summed E-state index contributed by atoms with van der Waals surface area (Å²) in [5.74, 6) is -0.139. The highest BCUT2D eigenvalue weighted by atomic mass is 16.2. The molecule has 0 radical (unpaired) electrons. The maximum absolute atomic E-state index is 12.8. The van der Waals surface area contributed by atoms with Crippen molar-refractivity contribution in [2.24, 2.45) is 0 Å². The summed E-state index contributed by atoms with van der Waals surface area (Å²) >= 11 is 0. The van der Waals surface area contributed by atoms with E-state index in [9.17, 15) is 9.59 Å². The van der Waals surface area contributed by atoms with Crippen LogP contribution in [0.15, 0.2) is 54.7 Å². The first kappa shape index (κ1) is 16.2. The van der Waals surface area contributed by atoms with Gasteiger partial charge < -0.3 is 15.2 Å². The molecule has 3 aromatic rings. The number of anilines is 2. The predicted octanol–water partition coefficient (Wildman–Crippen LogP) is 3.44. The number of amides is 3. The molecule has 26 heavy (non-hydrogen) atoms. The Bertz CT molecular complexity index is 975. The molecule has 0 spiro atoms. The number of fused-ring (bicyclic) bond motifs is 1. The first-order valence-corrected chi connectivity index (χ1v) is 8.72. The van der Waals surface area contributed by atoms with Crippen molar-refractivity contribution in [1.82, 2.24) is 9.88 Å². The molecule has 0 bridgehead atoms. The summed E-state index contributed by atoms with van der Waals surface area (Å²) in [6, 6.07) is 15.1. The van der Waals surface area contributed by atoms with Crippen LogP contribution in [0.4, 0.5) is 16.2 Å². The molecule has 6 heteroatoms. The van der Waals surface area contributed by atoms with Gasteiger partial charge in [0.25, 0.3) is 5.91 Å². The van der Waals surface area contributed by atoms with E-state index < -0.39 is 0 Å². The Morgan fingerprint density at radius 1 is 1.15 bits per heavy atom. The van der Waals surface area contributed by atoms with Gasteiger partial charge in [-0.15, -0.1) is 0 Å². The molecule has 3 amide bonds. The van der Waals surface area contributed by atoms with E-state index in [-0.39, 0.29) is 11.9 Å². The molecule has 1 aliphatic heterocycles. The van der Waals surface area contributed by atoms with Gasteiger partial charge in [-0.1, -0.05) is 18.2 Å². The monoisotopic (exact) mass is 348 g/mol. The lowest BCUT2D eigenvalue weighted by Crippen LogP contribution is -2.27. The van der Waals surface area contributed by atoms with Gasteiger partial charge in [0, 0.05) is 48.1 Å². The van der Waals surface area contributed by atoms with E-state index in [1.807, 2.05) is 54.7 Å². The normalized spacial score (nSPS) is 13.9. The minimum atomic E-state index is -0.139. The van der Waals surface area contributed by atoms with E-state index in [2.05, 4.69) is 22.1 Å². The quantitative estimate of drug-likeness (QED) is 0.758. The Labute approximate surface area is 151 Å². The summed E-state index contributed by atoms with van der Waals surface area (Å²) in [6.45, 7) is 4.17. The molecular weight excluding hydrogens is 328 g/mol. The maximum atomic E-state index is 12.8. The molecular formula is C20H20N4O2. The summed E-state index contributed by atoms with van der Waals surface area (Å²) < 4.78 is 2.07. The largest absolute Gasteiger partial charge is 0.347 e. The Balaban J connectivity index is 1.56. The van der Waals surface area contributed by atoms with Crippen molar-refractivity contribution in [1.29, 1.82) is 0 Å². The van der Waals surface area contributed by atoms with Crippen molar-refractivity contribution in [2.75, 3.05) is 23.3 Å². The number of hydrogen-bond donors (Lipinski definition) is 2. The third-order valence-corrected chi connectivity index (χ3v) is 4.67. The molecule has 132 valence electrons. The fraction of sp³-hybridized carbons (Fsp3) is 0.200. The van der Waals surface area contributed by atoms with E-state index in [0.717, 1.165) is 23.1 Å². The van der Waals surface area contributed by atoms with E-state index in [4.69, 9.17) is 0 Å². The number of aryl methyl sites for hydroxylation is 1. The molecule has 1 aromatic heterocycles. The minimum absolute atomic E-state index is 0.0887. The summed E-state index contributed by atoms with van der Waals surface area (Å²) in [5.41, 5.74) is 3.23. The zero-order valence-electron chi connectivity index (χ0n) is 14.5. The van der Waals surface area contributed by atoms with E-state index in [0.29, 0.717) is 24.3 Å². The summed E-state index contributed by atoms with van der Waals surface area (Å²) in [5, 5.41) is 6.66. The third-order valence-electron chi connectivity index (χ3n) is 4.67. The molecule has 0 atom stereocenters. The SMILES string of the molecule is CCn1cc(C(=O)Nc2ccc(N3CCNC3=O)cc2)c2ccccc21. The van der Waals surface area contributed by atoms with Crippen LogP contribution >= 0.6 is 0 Å². The fourth-order valence-corrected chi connectivity index (χ4v) is 3.33. The van der Waals surface area contributed by atoms with Crippen LogP contribution in [0.3, 0.4) is 0 Å². The number of carbonyl (C=O) groups excluding carboxylic acids is 2. The number of urea groups is 1. The summed E-state index contributed by atoms with van der Waals surface area (Å²) in [7, 11) is 0. The van der Waals surface area contributed by atoms with Crippen LogP contribution in [-0.4, -0.2) is 29.6 Å². The number of nitrogens with zero attached hydrogens (tertiary/aromatic N) is 2. The number of para-hydroxylation sites is 1. The van der Waals surface area contributed by atoms with Crippen LogP contribution < -0.4 is 15.5 Å². The molecule has 2 heterocycles. The zero-order chi connectivity index (χ0) is 18.1. The molecule has 1 fully saturated rings. The first-order valence-electron chi connectivity index (χ1n) is 8.72. The topological polar surface area (TPSA) is 66.4 Å². The lowest BCUT2D eigenvalue weighted by atomic mass is 10.1. The molecule has 0 unspecified atom stereocenters. The smallest absolute Gasteiger partial charge is 0.321 e. The Hall–Kier alpha value is -3.28. The predicted molar refractivity (Wildman–Crippen MR) is 103 cm³/mol. The van der Waals surface area contributed by atoms with Gasteiger partial charge in [-0.2, -0.15) is 0 Å². The van der Waals surface area contributed by atoms with Crippen molar-refractivity contribution in [3.05, 3.63) is 60.3 Å². The third kappa shape index (κ3) is 2.79. The molecule has 2 N–H and O–H groups in total. The summed E-state index contributed by atoms with van der Waals surface area (Å²) in [4.78, 5) is 26.2. The van der Waals surface area contributed by atoms with Crippen LogP contribution in [0, 0.1) is 0 Å². The molecule has 0 saturated carbocycles. The number of aromatic nitrogens is 1. The molecule has 0 aliphatic carbocycles. The van der Waals surface area contributed by atoms with Crippen molar-refractivity contribution < 1.29 is 9.59 Å². The molecule has 2 aromatic carbocycles. The van der Waals surface area contributed by atoms with Crippen LogP contribution in [0.5, 0.6) is 0 Å². The highest BCUT2D eigenvalue weighted by molar-refractivity contribution is 6.13. The number of rotatable bonds is 4. The van der Waals surface area contributed by atoms with Gasteiger partial charge in [0.05, 0.1) is 5.56 Å². The second-order valence-corrected chi connectivity index (χ2v) is 6.23. The standard InChI is InChI=1S/C20H20N4O2/c1-2-23-13-17(16-5-3-4-6-18(16)23)19(25)22-14-7-9-15(10-8-14)24-12-11-21-20(24)26/h3-10,13H,2,11-12H2,1H3,(H,21,26)(H,22,25). The highest BCUT2D eigenvalue weighted by Crippen LogP contribution is 2.24. The van der Waals surface area contributed by atoms with Crippen LogP contribution in [0.1, 0.15) is 17.3 Å². The van der Waals surface area contributed by atoms with E-state index >= 15 is 0 Å². The number of hydrogen-bond acceptors (Lipinski definition) is 2. The van der Waals surface area contributed by atoms with Crippen LogP contribution in [0.2, 0.25) is 0 Å². The van der Waals surface area contributed by atoms with Gasteiger partial charge in [-0.05, 0) is 37.3 Å². The molecule has 4 rings (SSSR count). The van der Waals surface area contributed by atoms with Crippen molar-refractivity contribution in [2.45, 2.75) is 13.5 Å². The average molecular weight is 348 g/mol. The van der Waals surface area contributed by atoms with Gasteiger partial charge in [0.15, 0.2) is 0 Å². The lowest BCUT2D eigenvalue weighted by molar-refractivity contribution is 0.102. The van der Waals surface area contributed by atoms with Crippen molar-refractivity contribution >= 4 is 34.2 Å². The van der Waals surface area contributed by atoms with Crippen molar-refractivity contribution in [3.63, 3.8) is 0 Å². The van der Waals surface area contributed by atoms with E-state index in [1.54, 1.807) is 4.90 Å². The molecule has 1 saturated heterocycles. The first-order chi connectivity index (χ1) is 12.7. The average Bonchev–Trinajstić information content (AvgIpc) is 3.26. The Morgan fingerprint density at radius 2 is 1.92 bits per heavy atom. The minimum Gasteiger partial charge on any atom is -0.347 e. The molecule has 6 nitrogen and oxygen atoms in total. The van der Waals surface area contributed by atoms with Crippen LogP contribution in [-0.2, 0) is 6.54 Å². The second-order valence-electron chi connectivity index (χ2n) is 6.23. The number of carbonyl (C=O) groups is 2. The molecule has 1 aliphatic rings. The van der Waals surface area contributed by atoms with Crippen LogP contribution in [0.25, 0.3) is 10.9 Å². The highest BCUT2D eigenvalue weighted by Gasteiger charge is 2.21. The van der Waals surface area contributed by atoms with Gasteiger partial charge in [-0.25, -0.2) is 4.79 Å². The Morgan fingerprint density at radius 3 is 2.62 bits per heavy atom. The van der Waals surface area contributed by atoms with Crippen molar-refractivity contribution in [3.8, 4) is 0 Å². The Kier molecular flexibility index (Phi) is 4.08. The number of nitrogens with one attached hydrogen (secondary N) is 2. The summed E-state index contributed by atoms with van der Waals surface area (Å²) in [6.07, 6.45) is 1.89. The van der Waals surface area contributed by atoms with Gasteiger partial charge >= 0.3 is 6.03 Å².